The van der Waals surface area contributed by atoms with E-state index < -0.39 is 40.0 Å². The van der Waals surface area contributed by atoms with Gasteiger partial charge in [-0.25, -0.2) is 13.2 Å². The van der Waals surface area contributed by atoms with Crippen LogP contribution in [0.4, 0.5) is 29.3 Å². The molecule has 0 aliphatic carbocycles. The maximum Gasteiger partial charge on any atom is 0.427 e. The minimum atomic E-state index is -4.83. The first-order valence-electron chi connectivity index (χ1n) is 11.3. The van der Waals surface area contributed by atoms with Gasteiger partial charge >= 0.3 is 18.2 Å². The van der Waals surface area contributed by atoms with Crippen molar-refractivity contribution in [1.82, 2.24) is 9.78 Å². The van der Waals surface area contributed by atoms with E-state index in [0.29, 0.717) is 13.8 Å². The van der Waals surface area contributed by atoms with Crippen LogP contribution < -0.4 is 14.4 Å². The number of aromatic nitrogens is 2. The maximum absolute atomic E-state index is 13.7. The topological polar surface area (TPSA) is 140 Å². The van der Waals surface area contributed by atoms with Crippen LogP contribution >= 0.6 is 11.6 Å². The number of anilines is 2. The van der Waals surface area contributed by atoms with Crippen LogP contribution in [0.3, 0.4) is 0 Å². The van der Waals surface area contributed by atoms with E-state index in [1.54, 1.807) is 13.8 Å². The van der Waals surface area contributed by atoms with E-state index in [0.717, 1.165) is 4.31 Å². The highest BCUT2D eigenvalue weighted by molar-refractivity contribution is 7.93. The lowest BCUT2D eigenvalue weighted by molar-refractivity contribution is -0.242. The summed E-state index contributed by atoms with van der Waals surface area (Å²) in [6.07, 6.45) is -6.15. The molecular weight excluding hydrogens is 557 g/mol. The second kappa shape index (κ2) is 10.5. The van der Waals surface area contributed by atoms with Gasteiger partial charge in [0.15, 0.2) is 5.15 Å². The molecule has 210 valence electrons. The average molecular weight is 583 g/mol. The van der Waals surface area contributed by atoms with Crippen molar-refractivity contribution in [3.8, 4) is 5.75 Å². The van der Waals surface area contributed by atoms with Gasteiger partial charge in [-0.3, -0.25) is 19.1 Å². The molecule has 1 aliphatic rings. The number of rotatable bonds is 8. The third-order valence-corrected chi connectivity index (χ3v) is 7.77. The van der Waals surface area contributed by atoms with Crippen molar-refractivity contribution < 1.29 is 45.8 Å². The van der Waals surface area contributed by atoms with Crippen LogP contribution in [0.1, 0.15) is 46.6 Å². The van der Waals surface area contributed by atoms with Crippen LogP contribution in [-0.2, 0) is 19.6 Å². The van der Waals surface area contributed by atoms with E-state index in [4.69, 9.17) is 21.4 Å². The van der Waals surface area contributed by atoms with Crippen LogP contribution in [0.2, 0.25) is 5.15 Å². The van der Waals surface area contributed by atoms with E-state index in [2.05, 4.69) is 15.2 Å². The number of amides is 1. The third-order valence-electron chi connectivity index (χ3n) is 5.60. The molecule has 1 aliphatic heterocycles. The quantitative estimate of drug-likeness (QED) is 0.451. The van der Waals surface area contributed by atoms with Crippen molar-refractivity contribution in [2.45, 2.75) is 69.4 Å². The molecule has 2 heterocycles. The van der Waals surface area contributed by atoms with Crippen LogP contribution in [0, 0.1) is 0 Å². The second-order valence-electron chi connectivity index (χ2n) is 9.27. The lowest BCUT2D eigenvalue weighted by atomic mass is 10.1. The van der Waals surface area contributed by atoms with Gasteiger partial charge in [0.05, 0.1) is 12.2 Å². The zero-order valence-corrected chi connectivity index (χ0v) is 22.3. The number of halogens is 4. The lowest BCUT2D eigenvalue weighted by Gasteiger charge is -2.35. The second-order valence-corrected chi connectivity index (χ2v) is 11.5. The highest BCUT2D eigenvalue weighted by atomic mass is 35.5. The van der Waals surface area contributed by atoms with E-state index in [1.807, 2.05) is 0 Å². The predicted molar refractivity (Wildman–Crippen MR) is 130 cm³/mol. The van der Waals surface area contributed by atoms with E-state index in [-0.39, 0.29) is 52.6 Å². The van der Waals surface area contributed by atoms with Gasteiger partial charge in [-0.15, -0.1) is 0 Å². The number of aliphatic carboxylic acids is 1. The third kappa shape index (κ3) is 6.26. The van der Waals surface area contributed by atoms with Gasteiger partial charge in [-0.1, -0.05) is 11.6 Å². The molecule has 0 spiro atoms. The molecule has 38 heavy (non-hydrogen) atoms. The summed E-state index contributed by atoms with van der Waals surface area (Å²) in [4.78, 5) is 22.9. The first kappa shape index (κ1) is 29.4. The molecule has 2 aromatic rings. The number of carboxylic acids is 1. The highest BCUT2D eigenvalue weighted by Crippen LogP contribution is 2.41. The molecule has 0 bridgehead atoms. The van der Waals surface area contributed by atoms with Gasteiger partial charge in [0.1, 0.15) is 16.7 Å². The van der Waals surface area contributed by atoms with Crippen molar-refractivity contribution in [2.24, 2.45) is 0 Å². The zero-order valence-electron chi connectivity index (χ0n) is 20.7. The van der Waals surface area contributed by atoms with Crippen molar-refractivity contribution >= 4 is 45.1 Å². The van der Waals surface area contributed by atoms with Gasteiger partial charge in [0.25, 0.3) is 10.0 Å². The Morgan fingerprint density at radius 3 is 2.53 bits per heavy atom. The minimum Gasteiger partial charge on any atom is -0.486 e. The Kier molecular flexibility index (Phi) is 8.13. The summed E-state index contributed by atoms with van der Waals surface area (Å²) >= 11 is 6.15. The number of benzene rings is 1. The summed E-state index contributed by atoms with van der Waals surface area (Å²) in [7, 11) is -4.39. The molecule has 0 saturated heterocycles. The van der Waals surface area contributed by atoms with E-state index in [9.17, 15) is 31.2 Å². The van der Waals surface area contributed by atoms with Crippen LogP contribution in [0.25, 0.3) is 0 Å². The average Bonchev–Trinajstić information content (AvgIpc) is 3.18. The maximum atomic E-state index is 13.7. The smallest absolute Gasteiger partial charge is 0.427 e. The summed E-state index contributed by atoms with van der Waals surface area (Å²) in [6.45, 7) is 4.59. The number of nitrogens with one attached hydrogen (secondary N) is 1. The SMILES string of the molecule is CC(C)n1cc(S(=O)(=O)N2C[C@H](CCC(=O)O)Oc3ccc(NC(=O)OC(C)(C)C(F)(F)F)cc32)c(Cl)n1. The molecule has 1 atom stereocenters. The minimum absolute atomic E-state index is 0.0152. The molecule has 1 aromatic heterocycles. The number of carboxylic acid groups (broad SMARTS) is 1. The monoisotopic (exact) mass is 582 g/mol. The van der Waals surface area contributed by atoms with Crippen LogP contribution in [0.15, 0.2) is 29.3 Å². The number of hydrogen-bond acceptors (Lipinski definition) is 7. The summed E-state index contributed by atoms with van der Waals surface area (Å²) in [6, 6.07) is 3.55. The fourth-order valence-electron chi connectivity index (χ4n) is 3.39. The first-order valence-corrected chi connectivity index (χ1v) is 13.1. The van der Waals surface area contributed by atoms with Crippen molar-refractivity contribution in [3.05, 3.63) is 29.5 Å². The largest absolute Gasteiger partial charge is 0.486 e. The highest BCUT2D eigenvalue weighted by Gasteiger charge is 2.51. The van der Waals surface area contributed by atoms with Gasteiger partial charge in [-0.05, 0) is 52.3 Å². The summed E-state index contributed by atoms with van der Waals surface area (Å²) in [5.41, 5.74) is -2.92. The Balaban J connectivity index is 1.99. The van der Waals surface area contributed by atoms with E-state index in [1.165, 1.54) is 29.1 Å². The van der Waals surface area contributed by atoms with Crippen molar-refractivity contribution in [3.63, 3.8) is 0 Å². The molecule has 3 rings (SSSR count). The molecule has 0 radical (unpaired) electrons. The number of ether oxygens (including phenoxy) is 2. The first-order chi connectivity index (χ1) is 17.4. The number of carbonyl (C=O) groups is 2. The van der Waals surface area contributed by atoms with Gasteiger partial charge < -0.3 is 14.6 Å². The molecule has 16 heteroatoms. The number of sulfonamides is 1. The van der Waals surface area contributed by atoms with Gasteiger partial charge in [0.2, 0.25) is 5.60 Å². The predicted octanol–water partition coefficient (Wildman–Crippen LogP) is 4.83. The summed E-state index contributed by atoms with van der Waals surface area (Å²) < 4.78 is 79.2. The molecular formula is C22H26ClF3N4O7S. The van der Waals surface area contributed by atoms with Gasteiger partial charge in [0, 0.05) is 24.3 Å². The molecule has 0 saturated carbocycles. The Labute approximate surface area is 221 Å². The fourth-order valence-corrected chi connectivity index (χ4v) is 5.32. The molecule has 11 nitrogen and oxygen atoms in total. The standard InChI is InChI=1S/C22H26ClF3N4O7S/c1-12(2)29-11-17(19(23)28-29)38(34,35)30-10-14(6-8-18(31)32)36-16-7-5-13(9-15(16)30)27-20(33)37-21(3,4)22(24,25)26/h5,7,9,11-12,14H,6,8,10H2,1-4H3,(H,27,33)(H,31,32)/t14-/m0/s1. The molecule has 0 unspecified atom stereocenters. The van der Waals surface area contributed by atoms with Crippen LogP contribution in [-0.4, -0.2) is 59.8 Å². The number of hydrogen-bond donors (Lipinski definition) is 2. The van der Waals surface area contributed by atoms with Crippen molar-refractivity contribution in [2.75, 3.05) is 16.2 Å². The Morgan fingerprint density at radius 2 is 1.97 bits per heavy atom. The molecule has 2 N–H and O–H groups in total. The molecule has 1 aromatic carbocycles. The van der Waals surface area contributed by atoms with Crippen molar-refractivity contribution in [1.29, 1.82) is 0 Å². The zero-order chi connectivity index (χ0) is 28.6. The normalized spacial score (nSPS) is 16.1. The van der Waals surface area contributed by atoms with E-state index >= 15 is 0 Å². The Morgan fingerprint density at radius 1 is 1.32 bits per heavy atom. The Bertz CT molecular complexity index is 1330. The lowest BCUT2D eigenvalue weighted by Crippen LogP contribution is -2.44. The number of carbonyl (C=O) groups excluding carboxylic acids is 1. The summed E-state index contributed by atoms with van der Waals surface area (Å²) in [5.74, 6) is -1.06. The van der Waals surface area contributed by atoms with Crippen LogP contribution in [0.5, 0.6) is 5.75 Å². The summed E-state index contributed by atoms with van der Waals surface area (Å²) in [5, 5.41) is 14.9. The Hall–Kier alpha value is -3.20. The van der Waals surface area contributed by atoms with Gasteiger partial charge in [-0.2, -0.15) is 18.3 Å². The number of alkyl halides is 3. The number of nitrogens with zero attached hydrogens (tertiary/aromatic N) is 3. The fraction of sp³-hybridized carbons (Fsp3) is 0.500. The molecule has 0 fully saturated rings. The molecule has 1 amide bonds. The number of fused-ring (bicyclic) bond motifs is 1.